The minimum absolute atomic E-state index is 0.282. The molecule has 7 heteroatoms. The number of benzene rings is 1. The summed E-state index contributed by atoms with van der Waals surface area (Å²) < 4.78 is 42.1. The number of hydrogen-bond acceptors (Lipinski definition) is 4. The van der Waals surface area contributed by atoms with Crippen molar-refractivity contribution in [2.45, 2.75) is 11.1 Å². The molecule has 0 atom stereocenters. The molecule has 0 radical (unpaired) electrons. The van der Waals surface area contributed by atoms with E-state index in [1.54, 1.807) is 6.07 Å². The molecule has 0 aliphatic rings. The maximum atomic E-state index is 12.6. The number of hydrogen-bond donors (Lipinski definition) is 1. The lowest BCUT2D eigenvalue weighted by Gasteiger charge is -2.12. The summed E-state index contributed by atoms with van der Waals surface area (Å²) in [5.74, 6) is -0.974. The number of nitriles is 1. The summed E-state index contributed by atoms with van der Waals surface area (Å²) in [6, 6.07) is 3.18. The van der Waals surface area contributed by atoms with Crippen LogP contribution in [0.3, 0.4) is 0 Å². The Bertz CT molecular complexity index is 505. The fourth-order valence-corrected chi connectivity index (χ4v) is 1.53. The number of nitrogens with zero attached hydrogens (tertiary/aromatic N) is 1. The van der Waals surface area contributed by atoms with Crippen LogP contribution in [0.2, 0.25) is 0 Å². The van der Waals surface area contributed by atoms with Gasteiger partial charge in [-0.25, -0.2) is 4.79 Å². The van der Waals surface area contributed by atoms with Crippen molar-refractivity contribution in [3.8, 4) is 6.07 Å². The fourth-order valence-electron chi connectivity index (χ4n) is 1.18. The number of thiol groups is 1. The molecular weight excluding hydrogens is 255 g/mol. The average Bonchev–Trinajstić information content (AvgIpc) is 2.26. The maximum absolute atomic E-state index is 12.6. The normalized spacial score (nSPS) is 10.8. The Morgan fingerprint density at radius 1 is 1.47 bits per heavy atom. The molecule has 1 aromatic rings. The van der Waals surface area contributed by atoms with Crippen LogP contribution in [0.4, 0.5) is 13.2 Å². The second-order valence-electron chi connectivity index (χ2n) is 3.02. The van der Waals surface area contributed by atoms with Gasteiger partial charge in [-0.15, -0.1) is 12.6 Å². The number of halogens is 3. The molecule has 0 amide bonds. The van der Waals surface area contributed by atoms with Crippen LogP contribution in [0.15, 0.2) is 17.0 Å². The molecule has 0 aromatic heterocycles. The van der Waals surface area contributed by atoms with E-state index in [0.29, 0.717) is 6.07 Å². The molecule has 0 spiro atoms. The summed E-state index contributed by atoms with van der Waals surface area (Å²) in [6.07, 6.45) is -4.69. The zero-order valence-corrected chi connectivity index (χ0v) is 9.39. The molecule has 0 bridgehead atoms. The van der Waals surface area contributed by atoms with E-state index in [-0.39, 0.29) is 11.1 Å². The van der Waals surface area contributed by atoms with Gasteiger partial charge in [0.1, 0.15) is 0 Å². The van der Waals surface area contributed by atoms with Crippen LogP contribution in [-0.4, -0.2) is 13.1 Å². The predicted molar refractivity (Wildman–Crippen MR) is 54.8 cm³/mol. The lowest BCUT2D eigenvalue weighted by Crippen LogP contribution is -2.12. The van der Waals surface area contributed by atoms with Crippen LogP contribution in [-0.2, 0) is 10.9 Å². The van der Waals surface area contributed by atoms with Crippen molar-refractivity contribution in [2.24, 2.45) is 0 Å². The van der Waals surface area contributed by atoms with Gasteiger partial charge in [-0.3, -0.25) is 0 Å². The quantitative estimate of drug-likeness (QED) is 0.624. The first kappa shape index (κ1) is 13.4. The molecule has 1 aromatic carbocycles. The second kappa shape index (κ2) is 4.67. The maximum Gasteiger partial charge on any atom is 0.417 e. The Labute approximate surface area is 100 Å². The van der Waals surface area contributed by atoms with Gasteiger partial charge in [0, 0.05) is 4.90 Å². The van der Waals surface area contributed by atoms with Crippen LogP contribution in [0.1, 0.15) is 21.5 Å². The van der Waals surface area contributed by atoms with E-state index < -0.39 is 22.6 Å². The highest BCUT2D eigenvalue weighted by atomic mass is 32.1. The van der Waals surface area contributed by atoms with Gasteiger partial charge < -0.3 is 4.74 Å². The molecule has 0 N–H and O–H groups in total. The number of carbonyl (C=O) groups is 1. The lowest BCUT2D eigenvalue weighted by molar-refractivity contribution is -0.139. The van der Waals surface area contributed by atoms with Crippen molar-refractivity contribution < 1.29 is 22.7 Å². The lowest BCUT2D eigenvalue weighted by atomic mass is 10.1. The summed E-state index contributed by atoms with van der Waals surface area (Å²) in [5, 5.41) is 8.60. The summed E-state index contributed by atoms with van der Waals surface area (Å²) in [4.78, 5) is 10.7. The van der Waals surface area contributed by atoms with Gasteiger partial charge in [0.25, 0.3) is 0 Å². The highest BCUT2D eigenvalue weighted by molar-refractivity contribution is 7.80. The van der Waals surface area contributed by atoms with Gasteiger partial charge in [0.05, 0.1) is 29.9 Å². The molecular formula is C10H6F3NO2S. The number of methoxy groups -OCH3 is 1. The minimum Gasteiger partial charge on any atom is -0.465 e. The average molecular weight is 261 g/mol. The molecule has 90 valence electrons. The topological polar surface area (TPSA) is 50.1 Å². The first-order valence-corrected chi connectivity index (χ1v) is 4.68. The first-order valence-electron chi connectivity index (χ1n) is 4.24. The third-order valence-electron chi connectivity index (χ3n) is 1.95. The van der Waals surface area contributed by atoms with Gasteiger partial charge in [0.2, 0.25) is 0 Å². The van der Waals surface area contributed by atoms with E-state index in [1.165, 1.54) is 0 Å². The van der Waals surface area contributed by atoms with Gasteiger partial charge in [-0.1, -0.05) is 0 Å². The molecule has 3 nitrogen and oxygen atoms in total. The van der Waals surface area contributed by atoms with Crippen molar-refractivity contribution in [1.82, 2.24) is 0 Å². The van der Waals surface area contributed by atoms with Crippen LogP contribution >= 0.6 is 12.6 Å². The number of carbonyl (C=O) groups excluding carboxylic acids is 1. The van der Waals surface area contributed by atoms with Crippen molar-refractivity contribution in [3.63, 3.8) is 0 Å². The van der Waals surface area contributed by atoms with E-state index in [1.807, 2.05) is 0 Å². The Hall–Kier alpha value is -1.68. The SMILES string of the molecule is COC(=O)c1cc(C#N)cc(C(F)(F)F)c1S. The molecule has 0 heterocycles. The molecule has 0 aliphatic heterocycles. The molecule has 0 saturated heterocycles. The molecule has 0 saturated carbocycles. The number of ether oxygens (including phenoxy) is 1. The third kappa shape index (κ3) is 2.71. The van der Waals surface area contributed by atoms with Crippen molar-refractivity contribution >= 4 is 18.6 Å². The monoisotopic (exact) mass is 261 g/mol. The van der Waals surface area contributed by atoms with Gasteiger partial charge >= 0.3 is 12.1 Å². The van der Waals surface area contributed by atoms with E-state index in [0.717, 1.165) is 13.2 Å². The van der Waals surface area contributed by atoms with E-state index in [9.17, 15) is 18.0 Å². The van der Waals surface area contributed by atoms with Gasteiger partial charge in [-0.2, -0.15) is 18.4 Å². The molecule has 17 heavy (non-hydrogen) atoms. The van der Waals surface area contributed by atoms with Crippen molar-refractivity contribution in [2.75, 3.05) is 7.11 Å². The van der Waals surface area contributed by atoms with Crippen LogP contribution in [0, 0.1) is 11.3 Å². The van der Waals surface area contributed by atoms with Crippen LogP contribution < -0.4 is 0 Å². The molecule has 0 fully saturated rings. The Morgan fingerprint density at radius 3 is 2.47 bits per heavy atom. The summed E-state index contributed by atoms with van der Waals surface area (Å²) in [5.41, 5.74) is -1.81. The van der Waals surface area contributed by atoms with E-state index >= 15 is 0 Å². The van der Waals surface area contributed by atoms with Gasteiger partial charge in [0.15, 0.2) is 0 Å². The number of rotatable bonds is 1. The second-order valence-corrected chi connectivity index (χ2v) is 3.47. The van der Waals surface area contributed by atoms with E-state index in [4.69, 9.17) is 5.26 Å². The van der Waals surface area contributed by atoms with Crippen molar-refractivity contribution in [1.29, 1.82) is 5.26 Å². The third-order valence-corrected chi connectivity index (χ3v) is 2.43. The standard InChI is InChI=1S/C10H6F3NO2S/c1-16-9(15)6-2-5(4-14)3-7(8(6)17)10(11,12)13/h2-3,17H,1H3. The highest BCUT2D eigenvalue weighted by Crippen LogP contribution is 2.36. The zero-order chi connectivity index (χ0) is 13.2. The summed E-state index contributed by atoms with van der Waals surface area (Å²) in [7, 11) is 1.03. The zero-order valence-electron chi connectivity index (χ0n) is 8.50. The Balaban J connectivity index is 3.54. The van der Waals surface area contributed by atoms with Crippen LogP contribution in [0.5, 0.6) is 0 Å². The van der Waals surface area contributed by atoms with Crippen molar-refractivity contribution in [3.05, 3.63) is 28.8 Å². The fraction of sp³-hybridized carbons (Fsp3) is 0.200. The molecule has 1 rings (SSSR count). The predicted octanol–water partition coefficient (Wildman–Crippen LogP) is 2.65. The smallest absolute Gasteiger partial charge is 0.417 e. The molecule has 0 unspecified atom stereocenters. The molecule has 0 aliphatic carbocycles. The minimum atomic E-state index is -4.69. The van der Waals surface area contributed by atoms with Crippen LogP contribution in [0.25, 0.3) is 0 Å². The van der Waals surface area contributed by atoms with E-state index in [2.05, 4.69) is 17.4 Å². The van der Waals surface area contributed by atoms with Gasteiger partial charge in [-0.05, 0) is 12.1 Å². The Kier molecular flexibility index (Phi) is 3.68. The summed E-state index contributed by atoms with van der Waals surface area (Å²) >= 11 is 3.65. The largest absolute Gasteiger partial charge is 0.465 e. The highest BCUT2D eigenvalue weighted by Gasteiger charge is 2.35. The Morgan fingerprint density at radius 2 is 2.06 bits per heavy atom. The number of alkyl halides is 3. The summed E-state index contributed by atoms with van der Waals surface area (Å²) in [6.45, 7) is 0. The number of esters is 1. The first-order chi connectivity index (χ1) is 7.81.